The molecule has 0 amide bonds. The van der Waals surface area contributed by atoms with Gasteiger partial charge in [0.2, 0.25) is 0 Å². The molecule has 1 heterocycles. The van der Waals surface area contributed by atoms with Crippen LogP contribution in [0.15, 0.2) is 60.8 Å². The van der Waals surface area contributed by atoms with Gasteiger partial charge < -0.3 is 0 Å². The summed E-state index contributed by atoms with van der Waals surface area (Å²) in [5.74, 6) is -0.599. The first-order chi connectivity index (χ1) is 10.7. The molecule has 0 saturated carbocycles. The second-order valence-electron chi connectivity index (χ2n) is 5.04. The number of rotatable bonds is 1. The predicted molar refractivity (Wildman–Crippen MR) is 82.4 cm³/mol. The number of hydrogen-bond donors (Lipinski definition) is 0. The molecule has 0 N–H and O–H groups in total. The Kier molecular flexibility index (Phi) is 2.82. The Hall–Kier alpha value is -2.88. The van der Waals surface area contributed by atoms with Crippen molar-refractivity contribution in [3.8, 4) is 11.4 Å². The van der Waals surface area contributed by atoms with Gasteiger partial charge in [0.1, 0.15) is 11.6 Å². The van der Waals surface area contributed by atoms with Gasteiger partial charge in [-0.05, 0) is 23.6 Å². The van der Waals surface area contributed by atoms with E-state index in [1.807, 2.05) is 30.3 Å². The summed E-state index contributed by atoms with van der Waals surface area (Å²) in [5.41, 5.74) is 1.56. The zero-order chi connectivity index (χ0) is 15.1. The van der Waals surface area contributed by atoms with Gasteiger partial charge in [-0.3, -0.25) is 0 Å². The van der Waals surface area contributed by atoms with E-state index < -0.39 is 11.6 Å². The third kappa shape index (κ3) is 2.00. The zero-order valence-electron chi connectivity index (χ0n) is 11.4. The smallest absolute Gasteiger partial charge is 0.159 e. The summed E-state index contributed by atoms with van der Waals surface area (Å²) in [6.07, 6.45) is 1.62. The van der Waals surface area contributed by atoms with E-state index in [9.17, 15) is 8.78 Å². The van der Waals surface area contributed by atoms with Gasteiger partial charge in [-0.25, -0.2) is 18.7 Å². The Balaban J connectivity index is 2.01. The quantitative estimate of drug-likeness (QED) is 0.474. The topological polar surface area (TPSA) is 25.8 Å². The molecule has 0 aliphatic carbocycles. The second kappa shape index (κ2) is 4.84. The van der Waals surface area contributed by atoms with Crippen molar-refractivity contribution in [2.75, 3.05) is 0 Å². The minimum Gasteiger partial charge on any atom is -0.236 e. The van der Waals surface area contributed by atoms with Gasteiger partial charge in [-0.15, -0.1) is 0 Å². The summed E-state index contributed by atoms with van der Waals surface area (Å²) in [7, 11) is 0. The maximum absolute atomic E-state index is 13.8. The molecule has 0 atom stereocenters. The highest BCUT2D eigenvalue weighted by molar-refractivity contribution is 6.06. The first kappa shape index (κ1) is 12.8. The maximum Gasteiger partial charge on any atom is 0.159 e. The first-order valence-electron chi connectivity index (χ1n) is 6.82. The molecule has 0 spiro atoms. The van der Waals surface area contributed by atoms with Crippen LogP contribution in [0.2, 0.25) is 0 Å². The largest absolute Gasteiger partial charge is 0.236 e. The highest BCUT2D eigenvalue weighted by Crippen LogP contribution is 2.28. The summed E-state index contributed by atoms with van der Waals surface area (Å²) in [6, 6.07) is 15.1. The fourth-order valence-corrected chi connectivity index (χ4v) is 2.60. The second-order valence-corrected chi connectivity index (χ2v) is 5.04. The molecule has 2 nitrogen and oxygen atoms in total. The number of halogens is 2. The Morgan fingerprint density at radius 2 is 1.59 bits per heavy atom. The third-order valence-corrected chi connectivity index (χ3v) is 3.64. The van der Waals surface area contributed by atoms with E-state index in [2.05, 4.69) is 9.97 Å². The van der Waals surface area contributed by atoms with Gasteiger partial charge in [-0.2, -0.15) is 0 Å². The van der Waals surface area contributed by atoms with Crippen molar-refractivity contribution < 1.29 is 8.78 Å². The maximum atomic E-state index is 13.8. The Labute approximate surface area is 125 Å². The van der Waals surface area contributed by atoms with Crippen molar-refractivity contribution in [3.05, 3.63) is 72.4 Å². The Morgan fingerprint density at radius 1 is 0.773 bits per heavy atom. The monoisotopic (exact) mass is 292 g/mol. The van der Waals surface area contributed by atoms with Gasteiger partial charge in [0.25, 0.3) is 0 Å². The lowest BCUT2D eigenvalue weighted by Gasteiger charge is -2.06. The van der Waals surface area contributed by atoms with Crippen molar-refractivity contribution >= 4 is 21.7 Å². The van der Waals surface area contributed by atoms with Gasteiger partial charge in [0, 0.05) is 28.6 Å². The molecule has 1 aromatic heterocycles. The molecule has 0 fully saturated rings. The predicted octanol–water partition coefficient (Wildman–Crippen LogP) is 4.73. The van der Waals surface area contributed by atoms with Gasteiger partial charge in [0.15, 0.2) is 5.82 Å². The molecule has 0 bridgehead atoms. The van der Waals surface area contributed by atoms with E-state index in [-0.39, 0.29) is 0 Å². The van der Waals surface area contributed by atoms with Gasteiger partial charge >= 0.3 is 0 Å². The lowest BCUT2D eigenvalue weighted by Crippen LogP contribution is -1.92. The summed E-state index contributed by atoms with van der Waals surface area (Å²) in [6.45, 7) is 0. The van der Waals surface area contributed by atoms with Crippen molar-refractivity contribution in [1.82, 2.24) is 9.97 Å². The SMILES string of the molecule is Fc1cc(F)c2ccc3nc(-c4ccccc4)ncc3c2c1. The molecule has 4 rings (SSSR count). The minimum absolute atomic E-state index is 0.366. The lowest BCUT2D eigenvalue weighted by atomic mass is 10.1. The molecule has 106 valence electrons. The summed E-state index contributed by atoms with van der Waals surface area (Å²) < 4.78 is 27.3. The average Bonchev–Trinajstić information content (AvgIpc) is 2.55. The van der Waals surface area contributed by atoms with Gasteiger partial charge in [-0.1, -0.05) is 30.3 Å². The number of hydrogen-bond acceptors (Lipinski definition) is 2. The van der Waals surface area contributed by atoms with Crippen LogP contribution in [-0.4, -0.2) is 9.97 Å². The van der Waals surface area contributed by atoms with Crippen LogP contribution in [0.4, 0.5) is 8.78 Å². The van der Waals surface area contributed by atoms with E-state index in [0.29, 0.717) is 27.5 Å². The number of nitrogens with zero attached hydrogens (tertiary/aromatic N) is 2. The molecule has 3 aromatic carbocycles. The summed E-state index contributed by atoms with van der Waals surface area (Å²) in [4.78, 5) is 8.83. The minimum atomic E-state index is -0.607. The van der Waals surface area contributed by atoms with Crippen LogP contribution in [0.3, 0.4) is 0 Å². The van der Waals surface area contributed by atoms with E-state index >= 15 is 0 Å². The summed E-state index contributed by atoms with van der Waals surface area (Å²) in [5, 5.41) is 1.48. The molecule has 0 unspecified atom stereocenters. The molecule has 0 aliphatic heterocycles. The highest BCUT2D eigenvalue weighted by atomic mass is 19.1. The van der Waals surface area contributed by atoms with Crippen LogP contribution in [0.1, 0.15) is 0 Å². The van der Waals surface area contributed by atoms with Crippen molar-refractivity contribution in [2.24, 2.45) is 0 Å². The Bertz CT molecular complexity index is 998. The average molecular weight is 292 g/mol. The standard InChI is InChI=1S/C18H10F2N2/c19-12-8-14-13(16(20)9-12)6-7-17-15(14)10-21-18(22-17)11-4-2-1-3-5-11/h1-10H. The third-order valence-electron chi connectivity index (χ3n) is 3.64. The molecular weight excluding hydrogens is 282 g/mol. The number of fused-ring (bicyclic) bond motifs is 3. The lowest BCUT2D eigenvalue weighted by molar-refractivity contribution is 0.592. The van der Waals surface area contributed by atoms with Crippen LogP contribution >= 0.6 is 0 Å². The first-order valence-corrected chi connectivity index (χ1v) is 6.82. The molecule has 0 radical (unpaired) electrons. The number of aromatic nitrogens is 2. The van der Waals surface area contributed by atoms with Crippen molar-refractivity contribution in [3.63, 3.8) is 0 Å². The molecule has 0 aliphatic rings. The molecular formula is C18H10F2N2. The van der Waals surface area contributed by atoms with Crippen LogP contribution < -0.4 is 0 Å². The van der Waals surface area contributed by atoms with Crippen LogP contribution in [0.25, 0.3) is 33.1 Å². The number of benzene rings is 3. The van der Waals surface area contributed by atoms with E-state index in [4.69, 9.17) is 0 Å². The fourth-order valence-electron chi connectivity index (χ4n) is 2.60. The molecule has 0 saturated heterocycles. The van der Waals surface area contributed by atoms with Crippen molar-refractivity contribution in [2.45, 2.75) is 0 Å². The molecule has 4 aromatic rings. The molecule has 22 heavy (non-hydrogen) atoms. The van der Waals surface area contributed by atoms with Crippen LogP contribution in [0, 0.1) is 11.6 Å². The van der Waals surface area contributed by atoms with E-state index in [1.54, 1.807) is 18.3 Å². The molecule has 4 heteroatoms. The van der Waals surface area contributed by atoms with Gasteiger partial charge in [0.05, 0.1) is 5.52 Å². The normalized spacial score (nSPS) is 11.2. The fraction of sp³-hybridized carbons (Fsp3) is 0. The highest BCUT2D eigenvalue weighted by Gasteiger charge is 2.10. The van der Waals surface area contributed by atoms with Crippen LogP contribution in [0.5, 0.6) is 0 Å². The van der Waals surface area contributed by atoms with Crippen LogP contribution in [-0.2, 0) is 0 Å². The Morgan fingerprint density at radius 3 is 2.41 bits per heavy atom. The zero-order valence-corrected chi connectivity index (χ0v) is 11.4. The van der Waals surface area contributed by atoms with E-state index in [1.165, 1.54) is 6.07 Å². The van der Waals surface area contributed by atoms with Crippen molar-refractivity contribution in [1.29, 1.82) is 0 Å². The van der Waals surface area contributed by atoms with E-state index in [0.717, 1.165) is 11.6 Å². The summed E-state index contributed by atoms with van der Waals surface area (Å²) >= 11 is 0.